The topological polar surface area (TPSA) is 67.9 Å². The van der Waals surface area contributed by atoms with E-state index in [0.717, 1.165) is 12.3 Å². The predicted molar refractivity (Wildman–Crippen MR) is 155 cm³/mol. The number of halogens is 6. The Morgan fingerprint density at radius 3 is 2.48 bits per heavy atom. The normalized spacial score (nSPS) is 18.6. The molecule has 1 unspecified atom stereocenters. The molecule has 42 heavy (non-hydrogen) atoms. The van der Waals surface area contributed by atoms with Crippen LogP contribution in [0.25, 0.3) is 0 Å². The summed E-state index contributed by atoms with van der Waals surface area (Å²) in [6.45, 7) is 4.66. The fourth-order valence-corrected chi connectivity index (χ4v) is 6.30. The van der Waals surface area contributed by atoms with Gasteiger partial charge in [-0.25, -0.2) is 8.78 Å². The van der Waals surface area contributed by atoms with Gasteiger partial charge in [0.25, 0.3) is 5.91 Å². The van der Waals surface area contributed by atoms with E-state index in [-0.39, 0.29) is 30.6 Å². The van der Waals surface area contributed by atoms with Gasteiger partial charge < -0.3 is 15.5 Å². The maximum atomic E-state index is 15.1. The first-order valence-electron chi connectivity index (χ1n) is 13.7. The Balaban J connectivity index is 1.40. The highest BCUT2D eigenvalue weighted by atomic mass is 35.5. The minimum absolute atomic E-state index is 0.0838. The van der Waals surface area contributed by atoms with Crippen molar-refractivity contribution in [3.63, 3.8) is 0 Å². The fourth-order valence-electron chi connectivity index (χ4n) is 5.02. The third-order valence-corrected chi connectivity index (χ3v) is 8.70. The van der Waals surface area contributed by atoms with Crippen LogP contribution in [0.5, 0.6) is 0 Å². The summed E-state index contributed by atoms with van der Waals surface area (Å²) in [6.07, 6.45) is -5.12. The molecule has 7 nitrogen and oxygen atoms in total. The van der Waals surface area contributed by atoms with Crippen LogP contribution in [-0.2, 0) is 11.3 Å². The van der Waals surface area contributed by atoms with Crippen molar-refractivity contribution < 1.29 is 31.5 Å². The van der Waals surface area contributed by atoms with E-state index in [1.54, 1.807) is 22.7 Å². The number of thioether (sulfide) groups is 1. The van der Waals surface area contributed by atoms with E-state index in [1.807, 2.05) is 16.7 Å². The molecule has 230 valence electrons. The number of carbonyl (C=O) groups excluding carboxylic acids is 2. The lowest BCUT2D eigenvalue weighted by atomic mass is 10.1. The second-order valence-electron chi connectivity index (χ2n) is 10.1. The maximum Gasteiger partial charge on any atom is 0.390 e. The Morgan fingerprint density at radius 1 is 1.05 bits per heavy atom. The Labute approximate surface area is 250 Å². The molecule has 2 fully saturated rings. The minimum Gasteiger partial charge on any atom is -0.367 e. The molecule has 2 aliphatic rings. The van der Waals surface area contributed by atoms with Crippen molar-refractivity contribution in [3.8, 4) is 0 Å². The van der Waals surface area contributed by atoms with Gasteiger partial charge in [0.1, 0.15) is 0 Å². The summed E-state index contributed by atoms with van der Waals surface area (Å²) in [5, 5.41) is 5.67. The van der Waals surface area contributed by atoms with E-state index >= 15 is 4.39 Å². The fraction of sp³-hybridized carbons (Fsp3) is 0.500. The number of piperazine rings is 1. The largest absolute Gasteiger partial charge is 0.390 e. The van der Waals surface area contributed by atoms with Gasteiger partial charge in [0.15, 0.2) is 11.6 Å². The molecule has 4 rings (SSSR count). The van der Waals surface area contributed by atoms with Gasteiger partial charge in [0, 0.05) is 67.9 Å². The summed E-state index contributed by atoms with van der Waals surface area (Å²) in [5.41, 5.74) is 0.226. The SMILES string of the molecule is CCN1CCSCC1C(=O)NCc1ccc(C(=O)Nc2ccc(Cl)cc2N2CCN(CCC(F)(F)F)CC2)c(F)c1F. The van der Waals surface area contributed by atoms with Crippen molar-refractivity contribution in [2.24, 2.45) is 0 Å². The molecular weight excluding hydrogens is 601 g/mol. The molecule has 0 radical (unpaired) electrons. The third kappa shape index (κ3) is 8.27. The average Bonchev–Trinajstić information content (AvgIpc) is 2.97. The van der Waals surface area contributed by atoms with Gasteiger partial charge in [0.05, 0.1) is 29.4 Å². The van der Waals surface area contributed by atoms with E-state index in [4.69, 9.17) is 11.6 Å². The number of alkyl halides is 3. The molecular formula is C28H33ClF5N5O2S. The van der Waals surface area contributed by atoms with Crippen molar-refractivity contribution in [2.75, 3.05) is 67.5 Å². The molecule has 0 aliphatic carbocycles. The molecule has 2 heterocycles. The van der Waals surface area contributed by atoms with Gasteiger partial charge in [-0.15, -0.1) is 0 Å². The highest BCUT2D eigenvalue weighted by Gasteiger charge is 2.30. The van der Waals surface area contributed by atoms with Crippen molar-refractivity contribution in [3.05, 3.63) is 58.1 Å². The van der Waals surface area contributed by atoms with Crippen LogP contribution in [0.1, 0.15) is 29.3 Å². The number of rotatable bonds is 9. The van der Waals surface area contributed by atoms with Crippen LogP contribution in [-0.4, -0.2) is 91.2 Å². The third-order valence-electron chi connectivity index (χ3n) is 7.44. The van der Waals surface area contributed by atoms with E-state index < -0.39 is 35.7 Å². The van der Waals surface area contributed by atoms with Gasteiger partial charge in [-0.05, 0) is 30.8 Å². The lowest BCUT2D eigenvalue weighted by molar-refractivity contribution is -0.138. The number of amides is 2. The predicted octanol–water partition coefficient (Wildman–Crippen LogP) is 5.00. The molecule has 0 saturated carbocycles. The lowest BCUT2D eigenvalue weighted by Gasteiger charge is -2.37. The minimum atomic E-state index is -4.23. The Kier molecular flexibility index (Phi) is 11.0. The highest BCUT2D eigenvalue weighted by molar-refractivity contribution is 7.99. The number of anilines is 2. The number of carbonyl (C=O) groups is 2. The molecule has 0 bridgehead atoms. The highest BCUT2D eigenvalue weighted by Crippen LogP contribution is 2.31. The summed E-state index contributed by atoms with van der Waals surface area (Å²) in [4.78, 5) is 31.3. The quantitative estimate of drug-likeness (QED) is 0.379. The summed E-state index contributed by atoms with van der Waals surface area (Å²) >= 11 is 7.85. The van der Waals surface area contributed by atoms with Gasteiger partial charge in [0.2, 0.25) is 5.91 Å². The first-order valence-corrected chi connectivity index (χ1v) is 15.2. The number of nitrogens with zero attached hydrogens (tertiary/aromatic N) is 3. The van der Waals surface area contributed by atoms with Crippen LogP contribution in [0, 0.1) is 11.6 Å². The van der Waals surface area contributed by atoms with Gasteiger partial charge >= 0.3 is 6.18 Å². The number of benzene rings is 2. The zero-order valence-electron chi connectivity index (χ0n) is 23.1. The van der Waals surface area contributed by atoms with Crippen molar-refractivity contribution in [2.45, 2.75) is 32.1 Å². The van der Waals surface area contributed by atoms with Crippen LogP contribution in [0.15, 0.2) is 30.3 Å². The van der Waals surface area contributed by atoms with E-state index in [0.29, 0.717) is 54.9 Å². The van der Waals surface area contributed by atoms with Crippen LogP contribution < -0.4 is 15.5 Å². The molecule has 2 amide bonds. The molecule has 2 saturated heterocycles. The standard InChI is InChI=1S/C28H33ClF5N5O2S/c1-2-38-13-14-42-17-23(38)27(41)35-16-18-3-5-20(25(31)24(18)30)26(40)36-21-6-4-19(29)15-22(21)39-11-9-37(10-12-39)8-7-28(32,33)34/h3-6,15,23H,2,7-14,16-17H2,1H3,(H,35,41)(H,36,40). The van der Waals surface area contributed by atoms with Crippen LogP contribution >= 0.6 is 23.4 Å². The van der Waals surface area contributed by atoms with Crippen LogP contribution in [0.3, 0.4) is 0 Å². The molecule has 0 spiro atoms. The maximum absolute atomic E-state index is 15.1. The molecule has 2 aliphatic heterocycles. The first kappa shape index (κ1) is 32.3. The smallest absolute Gasteiger partial charge is 0.367 e. The van der Waals surface area contributed by atoms with Gasteiger partial charge in [-0.1, -0.05) is 24.6 Å². The summed E-state index contributed by atoms with van der Waals surface area (Å²) in [6, 6.07) is 6.77. The summed E-state index contributed by atoms with van der Waals surface area (Å²) < 4.78 is 67.8. The van der Waals surface area contributed by atoms with Crippen molar-refractivity contribution in [1.29, 1.82) is 0 Å². The van der Waals surface area contributed by atoms with Gasteiger partial charge in [-0.3, -0.25) is 19.4 Å². The van der Waals surface area contributed by atoms with Crippen LogP contribution in [0.4, 0.5) is 33.3 Å². The molecule has 2 aromatic rings. The second kappa shape index (κ2) is 14.2. The molecule has 0 aromatic heterocycles. The van der Waals surface area contributed by atoms with Crippen molar-refractivity contribution >= 4 is 46.6 Å². The zero-order valence-corrected chi connectivity index (χ0v) is 24.6. The molecule has 2 aromatic carbocycles. The number of hydrogen-bond acceptors (Lipinski definition) is 6. The van der Waals surface area contributed by atoms with E-state index in [2.05, 4.69) is 10.6 Å². The Morgan fingerprint density at radius 2 is 1.79 bits per heavy atom. The van der Waals surface area contributed by atoms with E-state index in [9.17, 15) is 27.2 Å². The number of hydrogen-bond donors (Lipinski definition) is 2. The summed E-state index contributed by atoms with van der Waals surface area (Å²) in [7, 11) is 0. The Hall–Kier alpha value is -2.61. The van der Waals surface area contributed by atoms with Crippen LogP contribution in [0.2, 0.25) is 5.02 Å². The first-order chi connectivity index (χ1) is 20.0. The average molecular weight is 634 g/mol. The summed E-state index contributed by atoms with van der Waals surface area (Å²) in [5.74, 6) is -2.15. The Bertz CT molecular complexity index is 1280. The monoisotopic (exact) mass is 633 g/mol. The molecule has 1 atom stereocenters. The number of likely N-dealkylation sites (N-methyl/N-ethyl adjacent to an activating group) is 1. The van der Waals surface area contributed by atoms with E-state index in [1.165, 1.54) is 24.3 Å². The molecule has 2 N–H and O–H groups in total. The number of nitrogens with one attached hydrogen (secondary N) is 2. The lowest BCUT2D eigenvalue weighted by Crippen LogP contribution is -2.51. The zero-order chi connectivity index (χ0) is 30.4. The van der Waals surface area contributed by atoms with Gasteiger partial charge in [-0.2, -0.15) is 24.9 Å². The second-order valence-corrected chi connectivity index (χ2v) is 11.7. The molecule has 14 heteroatoms. The van der Waals surface area contributed by atoms with Crippen molar-refractivity contribution in [1.82, 2.24) is 15.1 Å².